The number of rotatable bonds is 3. The quantitative estimate of drug-likeness (QED) is 0.643. The van der Waals surface area contributed by atoms with Gasteiger partial charge in [0.05, 0.1) is 12.6 Å². The molecular weight excluding hydrogens is 186 g/mol. The molecule has 0 bridgehead atoms. The third-order valence-corrected chi connectivity index (χ3v) is 2.17. The third kappa shape index (κ3) is 2.85. The van der Waals surface area contributed by atoms with Crippen molar-refractivity contribution < 1.29 is 19.4 Å². The van der Waals surface area contributed by atoms with E-state index in [-0.39, 0.29) is 11.9 Å². The van der Waals surface area contributed by atoms with Gasteiger partial charge in [-0.1, -0.05) is 0 Å². The van der Waals surface area contributed by atoms with Crippen LogP contribution in [0.3, 0.4) is 0 Å². The number of ether oxygens (including phenoxy) is 1. The monoisotopic (exact) mass is 199 g/mol. The molecule has 0 aliphatic carbocycles. The molecule has 1 heterocycles. The number of carbonyl (C=O) groups is 2. The van der Waals surface area contributed by atoms with Gasteiger partial charge >= 0.3 is 5.97 Å². The summed E-state index contributed by atoms with van der Waals surface area (Å²) in [7, 11) is 1.65. The molecule has 0 radical (unpaired) electrons. The molecule has 1 amide bonds. The van der Waals surface area contributed by atoms with Gasteiger partial charge in [-0.25, -0.2) is 4.79 Å². The van der Waals surface area contributed by atoms with Gasteiger partial charge in [0.2, 0.25) is 5.91 Å². The molecule has 1 aliphatic heterocycles. The Bertz CT molecular complexity index is 256. The van der Waals surface area contributed by atoms with E-state index in [1.165, 1.54) is 4.90 Å². The standard InChI is InChI=1S/C9H13NO4/c1-10(7-4-5-14-6-7)8(11)2-3-9(12)13/h2-3,7H,4-6H2,1H3,(H,12,13)/b3-2+. The van der Waals surface area contributed by atoms with Crippen LogP contribution in [0.5, 0.6) is 0 Å². The highest BCUT2D eigenvalue weighted by molar-refractivity contribution is 5.93. The molecule has 78 valence electrons. The Morgan fingerprint density at radius 1 is 1.50 bits per heavy atom. The second-order valence-corrected chi connectivity index (χ2v) is 3.14. The molecule has 0 aromatic rings. The highest BCUT2D eigenvalue weighted by atomic mass is 16.5. The number of aliphatic carboxylic acids is 1. The van der Waals surface area contributed by atoms with Gasteiger partial charge in [-0.3, -0.25) is 4.79 Å². The molecule has 1 atom stereocenters. The van der Waals surface area contributed by atoms with Crippen LogP contribution in [0.4, 0.5) is 0 Å². The molecule has 1 unspecified atom stereocenters. The second-order valence-electron chi connectivity index (χ2n) is 3.14. The fourth-order valence-electron chi connectivity index (χ4n) is 1.27. The highest BCUT2D eigenvalue weighted by Gasteiger charge is 2.22. The summed E-state index contributed by atoms with van der Waals surface area (Å²) in [6.07, 6.45) is 2.71. The van der Waals surface area contributed by atoms with E-state index in [2.05, 4.69) is 0 Å². The number of hydrogen-bond donors (Lipinski definition) is 1. The van der Waals surface area contributed by atoms with Crippen molar-refractivity contribution in [1.29, 1.82) is 0 Å². The van der Waals surface area contributed by atoms with E-state index < -0.39 is 5.97 Å². The Kier molecular flexibility index (Phi) is 3.64. The summed E-state index contributed by atoms with van der Waals surface area (Å²) in [6, 6.07) is 0.0703. The second kappa shape index (κ2) is 4.76. The maximum atomic E-state index is 11.4. The first-order valence-electron chi connectivity index (χ1n) is 4.37. The van der Waals surface area contributed by atoms with E-state index in [1.54, 1.807) is 7.05 Å². The minimum atomic E-state index is -1.12. The lowest BCUT2D eigenvalue weighted by Gasteiger charge is -2.21. The fraction of sp³-hybridized carbons (Fsp3) is 0.556. The zero-order valence-electron chi connectivity index (χ0n) is 7.97. The highest BCUT2D eigenvalue weighted by Crippen LogP contribution is 2.10. The summed E-state index contributed by atoms with van der Waals surface area (Å²) in [5.41, 5.74) is 0. The molecule has 5 heteroatoms. The maximum absolute atomic E-state index is 11.4. The van der Waals surface area contributed by atoms with Crippen molar-refractivity contribution in [2.75, 3.05) is 20.3 Å². The smallest absolute Gasteiger partial charge is 0.328 e. The van der Waals surface area contributed by atoms with Crippen molar-refractivity contribution in [2.24, 2.45) is 0 Å². The first kappa shape index (κ1) is 10.7. The van der Waals surface area contributed by atoms with Crippen LogP contribution < -0.4 is 0 Å². The van der Waals surface area contributed by atoms with E-state index in [0.29, 0.717) is 13.2 Å². The summed E-state index contributed by atoms with van der Waals surface area (Å²) >= 11 is 0. The van der Waals surface area contributed by atoms with Crippen LogP contribution in [0.25, 0.3) is 0 Å². The van der Waals surface area contributed by atoms with Gasteiger partial charge in [-0.2, -0.15) is 0 Å². The Morgan fingerprint density at radius 2 is 2.21 bits per heavy atom. The van der Waals surface area contributed by atoms with Crippen molar-refractivity contribution in [2.45, 2.75) is 12.5 Å². The molecule has 1 rings (SSSR count). The predicted octanol–water partition coefficient (Wildman–Crippen LogP) is -0.126. The average molecular weight is 199 g/mol. The lowest BCUT2D eigenvalue weighted by atomic mass is 10.2. The molecule has 5 nitrogen and oxygen atoms in total. The van der Waals surface area contributed by atoms with Crippen LogP contribution >= 0.6 is 0 Å². The average Bonchev–Trinajstić information content (AvgIpc) is 2.65. The van der Waals surface area contributed by atoms with Gasteiger partial charge in [0.25, 0.3) is 0 Å². The first-order chi connectivity index (χ1) is 6.61. The lowest BCUT2D eigenvalue weighted by Crippen LogP contribution is -2.36. The Morgan fingerprint density at radius 3 is 2.71 bits per heavy atom. The van der Waals surface area contributed by atoms with E-state index in [1.807, 2.05) is 0 Å². The summed E-state index contributed by atoms with van der Waals surface area (Å²) in [5, 5.41) is 8.33. The third-order valence-electron chi connectivity index (χ3n) is 2.17. The summed E-state index contributed by atoms with van der Waals surface area (Å²) in [5.74, 6) is -1.42. The normalized spacial score (nSPS) is 21.4. The summed E-state index contributed by atoms with van der Waals surface area (Å²) in [4.78, 5) is 23.0. The van der Waals surface area contributed by atoms with Crippen LogP contribution in [-0.4, -0.2) is 48.2 Å². The Labute approximate surface area is 82.0 Å². The van der Waals surface area contributed by atoms with Crippen LogP contribution in [0.15, 0.2) is 12.2 Å². The van der Waals surface area contributed by atoms with Crippen molar-refractivity contribution in [3.05, 3.63) is 12.2 Å². The number of likely N-dealkylation sites (N-methyl/N-ethyl adjacent to an activating group) is 1. The van der Waals surface area contributed by atoms with E-state index >= 15 is 0 Å². The van der Waals surface area contributed by atoms with Crippen molar-refractivity contribution in [3.8, 4) is 0 Å². The number of hydrogen-bond acceptors (Lipinski definition) is 3. The van der Waals surface area contributed by atoms with E-state index in [9.17, 15) is 9.59 Å². The van der Waals surface area contributed by atoms with Crippen molar-refractivity contribution in [1.82, 2.24) is 4.90 Å². The number of carbonyl (C=O) groups excluding carboxylic acids is 1. The number of carboxylic acid groups (broad SMARTS) is 1. The lowest BCUT2D eigenvalue weighted by molar-refractivity contribution is -0.132. The maximum Gasteiger partial charge on any atom is 0.328 e. The minimum absolute atomic E-state index is 0.0703. The van der Waals surface area contributed by atoms with Crippen LogP contribution in [0, 0.1) is 0 Å². The largest absolute Gasteiger partial charge is 0.478 e. The molecule has 1 N–H and O–H groups in total. The number of amides is 1. The molecule has 0 aromatic heterocycles. The van der Waals surface area contributed by atoms with Crippen LogP contribution in [-0.2, 0) is 14.3 Å². The van der Waals surface area contributed by atoms with Gasteiger partial charge in [-0.05, 0) is 6.42 Å². The molecule has 1 fully saturated rings. The summed E-state index contributed by atoms with van der Waals surface area (Å²) in [6.45, 7) is 1.19. The zero-order valence-corrected chi connectivity index (χ0v) is 7.97. The number of nitrogens with zero attached hydrogens (tertiary/aromatic N) is 1. The molecule has 0 aromatic carbocycles. The molecule has 14 heavy (non-hydrogen) atoms. The fourth-order valence-corrected chi connectivity index (χ4v) is 1.27. The molecule has 0 saturated carbocycles. The van der Waals surface area contributed by atoms with Crippen LogP contribution in [0.2, 0.25) is 0 Å². The molecule has 0 spiro atoms. The van der Waals surface area contributed by atoms with Gasteiger partial charge in [0.15, 0.2) is 0 Å². The molecule has 1 aliphatic rings. The van der Waals surface area contributed by atoms with Gasteiger partial charge < -0.3 is 14.7 Å². The molecular formula is C9H13NO4. The van der Waals surface area contributed by atoms with Crippen molar-refractivity contribution in [3.63, 3.8) is 0 Å². The minimum Gasteiger partial charge on any atom is -0.478 e. The van der Waals surface area contributed by atoms with Gasteiger partial charge in [0.1, 0.15) is 0 Å². The van der Waals surface area contributed by atoms with E-state index in [0.717, 1.165) is 18.6 Å². The Balaban J connectivity index is 2.47. The zero-order chi connectivity index (χ0) is 10.6. The summed E-state index contributed by atoms with van der Waals surface area (Å²) < 4.78 is 5.12. The van der Waals surface area contributed by atoms with Gasteiger partial charge in [-0.15, -0.1) is 0 Å². The number of carboxylic acids is 1. The van der Waals surface area contributed by atoms with Gasteiger partial charge in [0, 0.05) is 25.8 Å². The Hall–Kier alpha value is -1.36. The van der Waals surface area contributed by atoms with Crippen LogP contribution in [0.1, 0.15) is 6.42 Å². The predicted molar refractivity (Wildman–Crippen MR) is 48.8 cm³/mol. The topological polar surface area (TPSA) is 66.8 Å². The first-order valence-corrected chi connectivity index (χ1v) is 4.37. The van der Waals surface area contributed by atoms with Crippen molar-refractivity contribution >= 4 is 11.9 Å². The SMILES string of the molecule is CN(C(=O)/C=C/C(=O)O)C1CCOC1. The van der Waals surface area contributed by atoms with E-state index in [4.69, 9.17) is 9.84 Å². The molecule has 1 saturated heterocycles.